The number of hydrogen-bond acceptors (Lipinski definition) is 11. The number of ketones is 2. The minimum atomic E-state index is -0.641. The van der Waals surface area contributed by atoms with E-state index >= 15 is 0 Å². The van der Waals surface area contributed by atoms with Gasteiger partial charge in [-0.15, -0.1) is 0 Å². The first-order valence-electron chi connectivity index (χ1n) is 20.7. The number of aromatic nitrogens is 4. The highest BCUT2D eigenvalue weighted by Crippen LogP contribution is 2.31. The molecule has 1 aromatic carbocycles. The fourth-order valence-electron chi connectivity index (χ4n) is 9.54. The summed E-state index contributed by atoms with van der Waals surface area (Å²) in [6.45, 7) is 7.92. The van der Waals surface area contributed by atoms with E-state index in [9.17, 15) is 24.0 Å². The smallest absolute Gasteiger partial charge is 0.320 e. The molecule has 15 nitrogen and oxygen atoms in total. The predicted molar refractivity (Wildman–Crippen MR) is 215 cm³/mol. The van der Waals surface area contributed by atoms with Crippen LogP contribution in [0.4, 0.5) is 16.3 Å². The molecule has 5 aliphatic rings. The van der Waals surface area contributed by atoms with Crippen molar-refractivity contribution < 1.29 is 19.2 Å². The zero-order chi connectivity index (χ0) is 39.6. The molecule has 0 spiro atoms. The first kappa shape index (κ1) is 38.7. The van der Waals surface area contributed by atoms with Gasteiger partial charge in [0, 0.05) is 71.8 Å². The first-order valence-corrected chi connectivity index (χ1v) is 20.7. The highest BCUT2D eigenvalue weighted by Gasteiger charge is 2.35. The summed E-state index contributed by atoms with van der Waals surface area (Å²) in [6, 6.07) is 9.85. The molecule has 57 heavy (non-hydrogen) atoms. The zero-order valence-corrected chi connectivity index (χ0v) is 32.9. The van der Waals surface area contributed by atoms with E-state index in [-0.39, 0.29) is 41.3 Å². The van der Waals surface area contributed by atoms with Crippen molar-refractivity contribution in [3.8, 4) is 0 Å². The van der Waals surface area contributed by atoms with Crippen LogP contribution in [0.1, 0.15) is 97.1 Å². The molecule has 5 fully saturated rings. The maximum Gasteiger partial charge on any atom is 0.320 e. The van der Waals surface area contributed by atoms with Crippen molar-refractivity contribution >= 4 is 35.0 Å². The van der Waals surface area contributed by atoms with Gasteiger partial charge in [-0.25, -0.2) is 19.4 Å². The monoisotopic (exact) mass is 778 g/mol. The summed E-state index contributed by atoms with van der Waals surface area (Å²) in [4.78, 5) is 82.1. The third-order valence-electron chi connectivity index (χ3n) is 12.9. The Morgan fingerprint density at radius 1 is 0.860 bits per heavy atom. The number of anilines is 2. The van der Waals surface area contributed by atoms with Gasteiger partial charge in [-0.2, -0.15) is 5.10 Å². The number of primary amides is 1. The number of nitrogens with zero attached hydrogens (tertiary/aromatic N) is 9. The molecule has 3 aromatic rings. The average Bonchev–Trinajstić information content (AvgIpc) is 3.56. The lowest BCUT2D eigenvalue weighted by molar-refractivity contribution is -0.132. The molecule has 4 aliphatic heterocycles. The number of likely N-dealkylation sites (tertiary alicyclic amines) is 1. The van der Waals surface area contributed by atoms with Gasteiger partial charge in [0.15, 0.2) is 5.78 Å². The molecule has 302 valence electrons. The third kappa shape index (κ3) is 8.58. The molecule has 6 heterocycles. The molecule has 3 amide bonds. The number of amides is 3. The van der Waals surface area contributed by atoms with Gasteiger partial charge < -0.3 is 30.2 Å². The minimum absolute atomic E-state index is 0.0675. The van der Waals surface area contributed by atoms with Crippen LogP contribution >= 0.6 is 0 Å². The van der Waals surface area contributed by atoms with Crippen LogP contribution in [0.5, 0.6) is 0 Å². The fraction of sp³-hybridized carbons (Fsp3) is 0.571. The van der Waals surface area contributed by atoms with Gasteiger partial charge in [-0.1, -0.05) is 24.3 Å². The highest BCUT2D eigenvalue weighted by molar-refractivity contribution is 6.03. The maximum atomic E-state index is 12.9. The number of nitrogens with two attached hydrogens (primary N) is 1. The standard InChI is InChI=1S/C42H54N10O5/c1-47-19-20-51(42(47)57)32-3-2-14-50(27-32)38-25-44-40(41(43)56)35(46-38)21-28-4-6-30(7-5-28)31-12-15-48(16-13-31)26-29-10-17-49(18-11-29)33-22-39(55)52(45-24-33)36-9-8-34(53)23-37(36)54/h4-7,22,24-25,29,31-32,36H,2-3,8-21,23,26-27H2,1H3,(H2,43,56)/t32-,36?/m1/s1. The molecule has 0 bridgehead atoms. The lowest BCUT2D eigenvalue weighted by Gasteiger charge is -2.38. The molecular weight excluding hydrogens is 725 g/mol. The SMILES string of the molecule is CN1CCN([C@@H]2CCCN(c3cnc(C(N)=O)c(Cc4ccc(C5CCN(CC6CCN(c7cnn(C8CCC(=O)CC8=O)c(=O)c7)CC6)CC5)cc4)n3)C2)C1=O. The Morgan fingerprint density at radius 3 is 2.32 bits per heavy atom. The number of piperidine rings is 3. The molecule has 1 saturated carbocycles. The maximum absolute atomic E-state index is 12.9. The normalized spacial score (nSPS) is 23.1. The number of rotatable bonds is 10. The largest absolute Gasteiger partial charge is 0.370 e. The number of Topliss-reactive ketones (excluding diaryl/α,β-unsaturated/α-hetero) is 2. The Hall–Kier alpha value is -5.18. The zero-order valence-electron chi connectivity index (χ0n) is 32.9. The number of urea groups is 1. The van der Waals surface area contributed by atoms with E-state index < -0.39 is 11.9 Å². The van der Waals surface area contributed by atoms with E-state index in [1.165, 1.54) is 10.2 Å². The van der Waals surface area contributed by atoms with E-state index in [0.717, 1.165) is 102 Å². The molecule has 4 saturated heterocycles. The summed E-state index contributed by atoms with van der Waals surface area (Å²) in [5.41, 5.74) is 9.41. The van der Waals surface area contributed by atoms with E-state index in [2.05, 4.69) is 49.0 Å². The Morgan fingerprint density at radius 2 is 1.63 bits per heavy atom. The molecule has 1 unspecified atom stereocenters. The Bertz CT molecular complexity index is 2040. The lowest BCUT2D eigenvalue weighted by Crippen LogP contribution is -2.49. The molecule has 1 aliphatic carbocycles. The van der Waals surface area contributed by atoms with Gasteiger partial charge in [0.1, 0.15) is 23.3 Å². The van der Waals surface area contributed by atoms with Crippen LogP contribution in [0.3, 0.4) is 0 Å². The summed E-state index contributed by atoms with van der Waals surface area (Å²) in [7, 11) is 1.84. The van der Waals surface area contributed by atoms with E-state index in [1.807, 2.05) is 11.9 Å². The third-order valence-corrected chi connectivity index (χ3v) is 12.9. The summed E-state index contributed by atoms with van der Waals surface area (Å²) in [5, 5.41) is 4.35. The highest BCUT2D eigenvalue weighted by atomic mass is 16.2. The molecule has 15 heteroatoms. The van der Waals surface area contributed by atoms with Crippen molar-refractivity contribution in [2.75, 3.05) is 75.8 Å². The second-order valence-electron chi connectivity index (χ2n) is 16.7. The molecular formula is C42H54N10O5. The van der Waals surface area contributed by atoms with Crippen LogP contribution in [0.15, 0.2) is 47.5 Å². The molecule has 8 rings (SSSR count). The molecule has 2 atom stereocenters. The van der Waals surface area contributed by atoms with Crippen LogP contribution in [0.2, 0.25) is 0 Å². The van der Waals surface area contributed by atoms with Crippen LogP contribution in [-0.4, -0.2) is 130 Å². The van der Waals surface area contributed by atoms with Crippen molar-refractivity contribution in [1.82, 2.24) is 34.4 Å². The number of carbonyl (C=O) groups is 4. The van der Waals surface area contributed by atoms with Crippen molar-refractivity contribution in [3.63, 3.8) is 0 Å². The Kier molecular flexibility index (Phi) is 11.4. The fourth-order valence-corrected chi connectivity index (χ4v) is 9.54. The number of carbonyl (C=O) groups excluding carboxylic acids is 4. The average molecular weight is 779 g/mol. The summed E-state index contributed by atoms with van der Waals surface area (Å²) < 4.78 is 1.25. The van der Waals surface area contributed by atoms with Crippen LogP contribution in [0, 0.1) is 5.92 Å². The van der Waals surface area contributed by atoms with Gasteiger partial charge in [0.2, 0.25) is 0 Å². The van der Waals surface area contributed by atoms with E-state index in [4.69, 9.17) is 10.7 Å². The Labute approximate surface area is 333 Å². The quantitative estimate of drug-likeness (QED) is 0.300. The lowest BCUT2D eigenvalue weighted by atomic mass is 9.87. The molecule has 2 aromatic heterocycles. The summed E-state index contributed by atoms with van der Waals surface area (Å²) in [6.07, 6.45) is 10.5. The number of likely N-dealkylation sites (N-methyl/N-ethyl adjacent to an activating group) is 1. The van der Waals surface area contributed by atoms with Gasteiger partial charge in [0.05, 0.1) is 36.2 Å². The topological polar surface area (TPSA) is 171 Å². The second kappa shape index (κ2) is 16.7. The van der Waals surface area contributed by atoms with Crippen molar-refractivity contribution in [2.45, 2.75) is 82.2 Å². The number of benzene rings is 1. The molecule has 2 N–H and O–H groups in total. The molecule has 0 radical (unpaired) electrons. The summed E-state index contributed by atoms with van der Waals surface area (Å²) in [5.74, 6) is 0.924. The predicted octanol–water partition coefficient (Wildman–Crippen LogP) is 3.02. The van der Waals surface area contributed by atoms with Gasteiger partial charge in [-0.3, -0.25) is 19.2 Å². The van der Waals surface area contributed by atoms with Crippen LogP contribution < -0.4 is 21.1 Å². The minimum Gasteiger partial charge on any atom is -0.370 e. The Balaban J connectivity index is 0.813. The van der Waals surface area contributed by atoms with Crippen LogP contribution in [0.25, 0.3) is 0 Å². The van der Waals surface area contributed by atoms with Gasteiger partial charge >= 0.3 is 6.03 Å². The number of hydrogen-bond donors (Lipinski definition) is 1. The second-order valence-corrected chi connectivity index (χ2v) is 16.7. The van der Waals surface area contributed by atoms with Gasteiger partial charge in [-0.05, 0) is 81.0 Å². The van der Waals surface area contributed by atoms with Crippen molar-refractivity contribution in [1.29, 1.82) is 0 Å². The van der Waals surface area contributed by atoms with Crippen molar-refractivity contribution in [2.24, 2.45) is 11.7 Å². The van der Waals surface area contributed by atoms with E-state index in [1.54, 1.807) is 23.4 Å². The van der Waals surface area contributed by atoms with Gasteiger partial charge in [0.25, 0.3) is 11.5 Å². The van der Waals surface area contributed by atoms with E-state index in [0.29, 0.717) is 49.2 Å². The van der Waals surface area contributed by atoms with Crippen molar-refractivity contribution in [3.05, 3.63) is 75.6 Å². The summed E-state index contributed by atoms with van der Waals surface area (Å²) >= 11 is 0. The first-order chi connectivity index (χ1) is 27.6. The van der Waals surface area contributed by atoms with Crippen LogP contribution in [-0.2, 0) is 16.0 Å².